The third-order valence-electron chi connectivity index (χ3n) is 3.47. The van der Waals surface area contributed by atoms with Gasteiger partial charge in [-0.15, -0.1) is 0 Å². The second kappa shape index (κ2) is 21.4. The highest BCUT2D eigenvalue weighted by molar-refractivity contribution is 5.80. The molecule has 0 aliphatic rings. The molecule has 0 spiro atoms. The first-order valence-electron chi connectivity index (χ1n) is 9.53. The van der Waals surface area contributed by atoms with Gasteiger partial charge in [0.1, 0.15) is 18.1 Å². The minimum atomic E-state index is -1.29. The molecular formula is C18H38N4O10. The van der Waals surface area contributed by atoms with Crippen LogP contribution in [0.4, 0.5) is 0 Å². The fourth-order valence-electron chi connectivity index (χ4n) is 1.38. The van der Waals surface area contributed by atoms with Gasteiger partial charge in [0.05, 0.1) is 13.0 Å². The van der Waals surface area contributed by atoms with Gasteiger partial charge in [-0.1, -0.05) is 34.1 Å². The van der Waals surface area contributed by atoms with Crippen molar-refractivity contribution >= 4 is 29.8 Å². The molecule has 13 N–H and O–H groups in total. The summed E-state index contributed by atoms with van der Waals surface area (Å²) in [5.74, 6) is -4.86. The van der Waals surface area contributed by atoms with E-state index in [4.69, 9.17) is 42.7 Å². The van der Waals surface area contributed by atoms with E-state index < -0.39 is 54.4 Å². The van der Waals surface area contributed by atoms with Crippen LogP contribution in [-0.4, -0.2) is 80.0 Å². The summed E-state index contributed by atoms with van der Waals surface area (Å²) in [6.45, 7) is 7.37. The van der Waals surface area contributed by atoms with E-state index in [1.165, 1.54) is 0 Å². The van der Waals surface area contributed by atoms with Gasteiger partial charge >= 0.3 is 29.8 Å². The van der Waals surface area contributed by atoms with Crippen molar-refractivity contribution in [3.8, 4) is 0 Å². The predicted molar refractivity (Wildman–Crippen MR) is 115 cm³/mol. The Morgan fingerprint density at radius 1 is 0.719 bits per heavy atom. The van der Waals surface area contributed by atoms with E-state index in [0.29, 0.717) is 12.3 Å². The minimum Gasteiger partial charge on any atom is -0.481 e. The highest BCUT2D eigenvalue weighted by Crippen LogP contribution is 2.04. The molecule has 0 aromatic heterocycles. The van der Waals surface area contributed by atoms with Crippen molar-refractivity contribution in [1.82, 2.24) is 0 Å². The van der Waals surface area contributed by atoms with Crippen molar-refractivity contribution in [1.29, 1.82) is 0 Å². The lowest BCUT2D eigenvalue weighted by Gasteiger charge is -2.11. The first-order valence-corrected chi connectivity index (χ1v) is 9.53. The van der Waals surface area contributed by atoms with Crippen LogP contribution < -0.4 is 22.9 Å². The summed E-state index contributed by atoms with van der Waals surface area (Å²) in [7, 11) is 0. The Morgan fingerprint density at radius 3 is 1.19 bits per heavy atom. The molecule has 0 heterocycles. The normalized spacial score (nSPS) is 13.3. The Hall–Kier alpha value is -2.81. The number of hydrogen-bond donors (Lipinski definition) is 9. The molecule has 14 nitrogen and oxygen atoms in total. The summed E-state index contributed by atoms with van der Waals surface area (Å²) < 4.78 is 0. The van der Waals surface area contributed by atoms with E-state index in [-0.39, 0.29) is 12.5 Å². The van der Waals surface area contributed by atoms with Gasteiger partial charge in [0.15, 0.2) is 0 Å². The molecule has 0 aromatic rings. The molecule has 0 aromatic carbocycles. The monoisotopic (exact) mass is 470 g/mol. The molecule has 0 fully saturated rings. The van der Waals surface area contributed by atoms with E-state index in [1.807, 2.05) is 27.7 Å². The molecular weight excluding hydrogens is 432 g/mol. The lowest BCUT2D eigenvalue weighted by Crippen LogP contribution is -2.36. The average molecular weight is 471 g/mol. The van der Waals surface area contributed by atoms with Crippen LogP contribution >= 0.6 is 0 Å². The molecule has 190 valence electrons. The van der Waals surface area contributed by atoms with Gasteiger partial charge in [0, 0.05) is 0 Å². The van der Waals surface area contributed by atoms with Crippen molar-refractivity contribution in [2.75, 3.05) is 6.54 Å². The van der Waals surface area contributed by atoms with Crippen molar-refractivity contribution in [2.24, 2.45) is 34.8 Å². The molecule has 0 rings (SSSR count). The third kappa shape index (κ3) is 29.4. The van der Waals surface area contributed by atoms with Gasteiger partial charge in [-0.3, -0.25) is 24.0 Å². The average Bonchev–Trinajstić information content (AvgIpc) is 2.66. The zero-order valence-electron chi connectivity index (χ0n) is 18.8. The minimum absolute atomic E-state index is 0.0718. The highest BCUT2D eigenvalue weighted by atomic mass is 16.4. The topological polar surface area (TPSA) is 291 Å². The van der Waals surface area contributed by atoms with E-state index >= 15 is 0 Å². The molecule has 0 radical (unpaired) electrons. The van der Waals surface area contributed by atoms with Crippen molar-refractivity contribution in [3.05, 3.63) is 0 Å². The number of carboxylic acid groups (broad SMARTS) is 5. The quantitative estimate of drug-likeness (QED) is 0.181. The summed E-state index contributed by atoms with van der Waals surface area (Å²) >= 11 is 0. The van der Waals surface area contributed by atoms with Crippen LogP contribution in [0, 0.1) is 11.8 Å². The highest BCUT2D eigenvalue weighted by Gasteiger charge is 2.17. The Labute approximate surface area is 186 Å². The summed E-state index contributed by atoms with van der Waals surface area (Å²) in [5, 5.41) is 40.3. The summed E-state index contributed by atoms with van der Waals surface area (Å²) in [6, 6.07) is -2.68. The summed E-state index contributed by atoms with van der Waals surface area (Å²) in [6.07, 6.45) is 0.831. The maximum Gasteiger partial charge on any atom is 0.321 e. The first kappa shape index (κ1) is 36.6. The maximum absolute atomic E-state index is 10.2. The second-order valence-electron chi connectivity index (χ2n) is 6.96. The standard InChI is InChI=1S/2C6H13NO2.C4H7NO4.C2H5NO2/c1-4(2)3-5(7)6(8)9;1-3-4(2)5(7)6(8)9;5-2(4(8)9)1-3(6)7;3-1-2(4)5/h2*4-5H,3,7H2,1-2H3,(H,8,9);2H,1,5H2,(H,6,7)(H,8,9);1,3H2,(H,4,5). The van der Waals surface area contributed by atoms with Crippen LogP contribution in [0.5, 0.6) is 0 Å². The number of rotatable bonds is 10. The summed E-state index contributed by atoms with van der Waals surface area (Å²) in [5.41, 5.74) is 19.9. The number of nitrogens with two attached hydrogens (primary N) is 4. The van der Waals surface area contributed by atoms with Crippen LogP contribution in [0.25, 0.3) is 0 Å². The number of aliphatic carboxylic acids is 5. The first-order chi connectivity index (χ1) is 14.4. The lowest BCUT2D eigenvalue weighted by molar-refractivity contribution is -0.144. The van der Waals surface area contributed by atoms with Crippen LogP contribution in [0.1, 0.15) is 47.0 Å². The summed E-state index contributed by atoms with van der Waals surface area (Å²) in [4.78, 5) is 49.1. The second-order valence-corrected chi connectivity index (χ2v) is 6.96. The van der Waals surface area contributed by atoms with Gasteiger partial charge in [-0.05, 0) is 18.3 Å². The third-order valence-corrected chi connectivity index (χ3v) is 3.47. The van der Waals surface area contributed by atoms with Crippen molar-refractivity contribution in [2.45, 2.75) is 65.1 Å². The molecule has 14 heteroatoms. The van der Waals surface area contributed by atoms with E-state index in [2.05, 4.69) is 5.73 Å². The molecule has 0 aliphatic carbocycles. The molecule has 4 unspecified atom stereocenters. The van der Waals surface area contributed by atoms with E-state index in [0.717, 1.165) is 6.42 Å². The smallest absolute Gasteiger partial charge is 0.321 e. The zero-order valence-corrected chi connectivity index (χ0v) is 18.8. The van der Waals surface area contributed by atoms with Crippen LogP contribution in [0.15, 0.2) is 0 Å². The van der Waals surface area contributed by atoms with Crippen LogP contribution in [0.3, 0.4) is 0 Å². The predicted octanol–water partition coefficient (Wildman–Crippen LogP) is -1.21. The Morgan fingerprint density at radius 2 is 1.09 bits per heavy atom. The van der Waals surface area contributed by atoms with E-state index in [9.17, 15) is 24.0 Å². The van der Waals surface area contributed by atoms with Gasteiger partial charge in [0.2, 0.25) is 0 Å². The fraction of sp³-hybridized carbons (Fsp3) is 0.722. The van der Waals surface area contributed by atoms with Crippen LogP contribution in [0.2, 0.25) is 0 Å². The van der Waals surface area contributed by atoms with Gasteiger partial charge in [-0.25, -0.2) is 0 Å². The largest absolute Gasteiger partial charge is 0.481 e. The van der Waals surface area contributed by atoms with Gasteiger partial charge < -0.3 is 48.5 Å². The SMILES string of the molecule is CC(C)CC(N)C(=O)O.CCC(C)C(N)C(=O)O.NC(CC(=O)O)C(=O)O.NCC(=O)O. The Bertz CT molecular complexity index is 572. The molecule has 0 saturated heterocycles. The molecule has 0 amide bonds. The van der Waals surface area contributed by atoms with Gasteiger partial charge in [0.25, 0.3) is 0 Å². The lowest BCUT2D eigenvalue weighted by atomic mass is 10.0. The Kier molecular flexibility index (Phi) is 24.5. The van der Waals surface area contributed by atoms with E-state index in [1.54, 1.807) is 0 Å². The molecule has 4 atom stereocenters. The van der Waals surface area contributed by atoms with Crippen molar-refractivity contribution in [3.63, 3.8) is 0 Å². The number of carbonyl (C=O) groups is 5. The number of carboxylic acids is 5. The molecule has 0 aliphatic heterocycles. The molecule has 0 saturated carbocycles. The van der Waals surface area contributed by atoms with Gasteiger partial charge in [-0.2, -0.15) is 0 Å². The Balaban J connectivity index is -0.000000167. The molecule has 0 bridgehead atoms. The molecule has 32 heavy (non-hydrogen) atoms. The maximum atomic E-state index is 10.2. The zero-order chi connectivity index (χ0) is 26.6. The van der Waals surface area contributed by atoms with Crippen LogP contribution in [-0.2, 0) is 24.0 Å². The number of hydrogen-bond acceptors (Lipinski definition) is 9. The van der Waals surface area contributed by atoms with Crippen molar-refractivity contribution < 1.29 is 49.5 Å². The fourth-order valence-corrected chi connectivity index (χ4v) is 1.38.